The third-order valence-corrected chi connectivity index (χ3v) is 4.23. The zero-order valence-corrected chi connectivity index (χ0v) is 16.0. The number of benzene rings is 2. The number of aromatic nitrogens is 1. The molecule has 144 valence electrons. The molecule has 2 aromatic carbocycles. The van der Waals surface area contributed by atoms with Gasteiger partial charge in [0.05, 0.1) is 6.61 Å². The summed E-state index contributed by atoms with van der Waals surface area (Å²) in [6.07, 6.45) is 3.48. The van der Waals surface area contributed by atoms with Gasteiger partial charge in [-0.15, -0.1) is 0 Å². The molecule has 28 heavy (non-hydrogen) atoms. The van der Waals surface area contributed by atoms with Gasteiger partial charge in [-0.2, -0.15) is 0 Å². The van der Waals surface area contributed by atoms with Gasteiger partial charge < -0.3 is 15.4 Å². The van der Waals surface area contributed by atoms with E-state index in [1.54, 1.807) is 18.3 Å². The van der Waals surface area contributed by atoms with Crippen molar-refractivity contribution >= 4 is 17.4 Å². The average molecular weight is 375 g/mol. The zero-order valence-electron chi connectivity index (χ0n) is 16.0. The van der Waals surface area contributed by atoms with Crippen LogP contribution < -0.4 is 15.4 Å². The number of carbonyl (C=O) groups is 1. The predicted molar refractivity (Wildman–Crippen MR) is 112 cm³/mol. The Kier molecular flexibility index (Phi) is 7.01. The molecule has 1 amide bonds. The van der Waals surface area contributed by atoms with Crippen LogP contribution >= 0.6 is 0 Å². The number of anilines is 2. The lowest BCUT2D eigenvalue weighted by molar-refractivity contribution is 0.0953. The minimum Gasteiger partial charge on any atom is -0.494 e. The molecule has 2 N–H and O–H groups in total. The first-order chi connectivity index (χ1) is 13.7. The first-order valence-corrected chi connectivity index (χ1v) is 9.52. The van der Waals surface area contributed by atoms with Crippen molar-refractivity contribution in [3.63, 3.8) is 0 Å². The first-order valence-electron chi connectivity index (χ1n) is 9.52. The minimum atomic E-state index is -0.0924. The number of hydrogen-bond donors (Lipinski definition) is 2. The molecule has 0 unspecified atom stereocenters. The molecule has 0 fully saturated rings. The standard InChI is InChI=1S/C23H25N3O2/c1-2-28-21-12-10-20(11-13-21)26-22-17-19(14-16-24-22)23(27)25-15-6-9-18-7-4-3-5-8-18/h3-5,7-8,10-14,16-17H,2,6,9,15H2,1H3,(H,24,26)(H,25,27). The smallest absolute Gasteiger partial charge is 0.251 e. The van der Waals surface area contributed by atoms with Crippen LogP contribution in [0, 0.1) is 0 Å². The molecule has 0 radical (unpaired) electrons. The highest BCUT2D eigenvalue weighted by atomic mass is 16.5. The van der Waals surface area contributed by atoms with E-state index in [0.717, 1.165) is 24.3 Å². The molecule has 5 heteroatoms. The monoisotopic (exact) mass is 375 g/mol. The van der Waals surface area contributed by atoms with Gasteiger partial charge in [-0.25, -0.2) is 4.98 Å². The van der Waals surface area contributed by atoms with E-state index >= 15 is 0 Å². The molecule has 3 aromatic rings. The fourth-order valence-corrected chi connectivity index (χ4v) is 2.83. The van der Waals surface area contributed by atoms with E-state index in [-0.39, 0.29) is 5.91 Å². The molecular weight excluding hydrogens is 350 g/mol. The molecule has 3 rings (SSSR count). The lowest BCUT2D eigenvalue weighted by Crippen LogP contribution is -2.24. The predicted octanol–water partition coefficient (Wildman–Crippen LogP) is 4.59. The van der Waals surface area contributed by atoms with Crippen molar-refractivity contribution in [2.75, 3.05) is 18.5 Å². The van der Waals surface area contributed by atoms with Crippen molar-refractivity contribution in [1.82, 2.24) is 10.3 Å². The number of aryl methyl sites for hydroxylation is 1. The maximum Gasteiger partial charge on any atom is 0.251 e. The van der Waals surface area contributed by atoms with Gasteiger partial charge in [0, 0.05) is 24.0 Å². The third kappa shape index (κ3) is 5.84. The van der Waals surface area contributed by atoms with Crippen LogP contribution in [0.5, 0.6) is 5.75 Å². The summed E-state index contributed by atoms with van der Waals surface area (Å²) in [5.41, 5.74) is 2.75. The fourth-order valence-electron chi connectivity index (χ4n) is 2.83. The molecule has 0 saturated heterocycles. The average Bonchev–Trinajstić information content (AvgIpc) is 2.74. The van der Waals surface area contributed by atoms with Gasteiger partial charge in [0.1, 0.15) is 11.6 Å². The van der Waals surface area contributed by atoms with Crippen LogP contribution in [0.1, 0.15) is 29.3 Å². The highest BCUT2D eigenvalue weighted by Crippen LogP contribution is 2.19. The van der Waals surface area contributed by atoms with Crippen LogP contribution in [-0.2, 0) is 6.42 Å². The van der Waals surface area contributed by atoms with Crippen LogP contribution in [-0.4, -0.2) is 24.0 Å². The Morgan fingerprint density at radius 1 is 1.04 bits per heavy atom. The van der Waals surface area contributed by atoms with Gasteiger partial charge in [-0.3, -0.25) is 4.79 Å². The molecule has 1 heterocycles. The summed E-state index contributed by atoms with van der Waals surface area (Å²) >= 11 is 0. The van der Waals surface area contributed by atoms with E-state index < -0.39 is 0 Å². The Bertz CT molecular complexity index is 880. The summed E-state index contributed by atoms with van der Waals surface area (Å²) < 4.78 is 5.44. The van der Waals surface area contributed by atoms with Gasteiger partial charge in [0.2, 0.25) is 0 Å². The van der Waals surface area contributed by atoms with Gasteiger partial charge >= 0.3 is 0 Å². The molecule has 0 aliphatic carbocycles. The van der Waals surface area contributed by atoms with Crippen LogP contribution in [0.2, 0.25) is 0 Å². The van der Waals surface area contributed by atoms with Gasteiger partial charge in [0.15, 0.2) is 0 Å². The summed E-state index contributed by atoms with van der Waals surface area (Å²) in [6, 6.07) is 21.4. The van der Waals surface area contributed by atoms with Crippen molar-refractivity contribution in [1.29, 1.82) is 0 Å². The molecule has 0 aliphatic heterocycles. The summed E-state index contributed by atoms with van der Waals surface area (Å²) in [5, 5.41) is 6.18. The molecule has 0 aliphatic rings. The van der Waals surface area contributed by atoms with E-state index in [0.29, 0.717) is 24.5 Å². The number of hydrogen-bond acceptors (Lipinski definition) is 4. The zero-order chi connectivity index (χ0) is 19.6. The van der Waals surface area contributed by atoms with Crippen LogP contribution in [0.3, 0.4) is 0 Å². The molecule has 5 nitrogen and oxygen atoms in total. The van der Waals surface area contributed by atoms with Crippen molar-refractivity contribution < 1.29 is 9.53 Å². The molecule has 0 spiro atoms. The van der Waals surface area contributed by atoms with E-state index in [1.807, 2.05) is 49.4 Å². The van der Waals surface area contributed by atoms with Crippen molar-refractivity contribution in [2.45, 2.75) is 19.8 Å². The molecule has 0 saturated carbocycles. The van der Waals surface area contributed by atoms with Crippen molar-refractivity contribution in [2.24, 2.45) is 0 Å². The summed E-state index contributed by atoms with van der Waals surface area (Å²) in [4.78, 5) is 16.7. The van der Waals surface area contributed by atoms with Gasteiger partial charge in [-0.05, 0) is 61.7 Å². The number of rotatable bonds is 9. The Labute approximate surface area is 165 Å². The van der Waals surface area contributed by atoms with Gasteiger partial charge in [-0.1, -0.05) is 30.3 Å². The Morgan fingerprint density at radius 2 is 1.82 bits per heavy atom. The second kappa shape index (κ2) is 10.1. The molecule has 0 bridgehead atoms. The topological polar surface area (TPSA) is 63.2 Å². The highest BCUT2D eigenvalue weighted by Gasteiger charge is 2.07. The third-order valence-electron chi connectivity index (χ3n) is 4.23. The van der Waals surface area contributed by atoms with Crippen LogP contribution in [0.4, 0.5) is 11.5 Å². The normalized spacial score (nSPS) is 10.3. The quantitative estimate of drug-likeness (QED) is 0.537. The maximum absolute atomic E-state index is 12.4. The number of nitrogens with one attached hydrogen (secondary N) is 2. The van der Waals surface area contributed by atoms with Crippen LogP contribution in [0.15, 0.2) is 72.9 Å². The number of nitrogens with zero attached hydrogens (tertiary/aromatic N) is 1. The number of ether oxygens (including phenoxy) is 1. The van der Waals surface area contributed by atoms with E-state index in [4.69, 9.17) is 4.74 Å². The second-order valence-corrected chi connectivity index (χ2v) is 6.36. The number of pyridine rings is 1. The highest BCUT2D eigenvalue weighted by molar-refractivity contribution is 5.94. The lowest BCUT2D eigenvalue weighted by Gasteiger charge is -2.09. The van der Waals surface area contributed by atoms with E-state index in [2.05, 4.69) is 27.8 Å². The Morgan fingerprint density at radius 3 is 2.57 bits per heavy atom. The summed E-state index contributed by atoms with van der Waals surface area (Å²) in [7, 11) is 0. The van der Waals surface area contributed by atoms with E-state index in [9.17, 15) is 4.79 Å². The van der Waals surface area contributed by atoms with Crippen LogP contribution in [0.25, 0.3) is 0 Å². The largest absolute Gasteiger partial charge is 0.494 e. The molecule has 0 atom stereocenters. The van der Waals surface area contributed by atoms with E-state index in [1.165, 1.54) is 5.56 Å². The number of carbonyl (C=O) groups excluding carboxylic acids is 1. The first kappa shape index (κ1) is 19.4. The Hall–Kier alpha value is -3.34. The fraction of sp³-hybridized carbons (Fsp3) is 0.217. The maximum atomic E-state index is 12.4. The van der Waals surface area contributed by atoms with Crippen molar-refractivity contribution in [3.05, 3.63) is 84.1 Å². The van der Waals surface area contributed by atoms with Gasteiger partial charge in [0.25, 0.3) is 5.91 Å². The lowest BCUT2D eigenvalue weighted by atomic mass is 10.1. The summed E-state index contributed by atoms with van der Waals surface area (Å²) in [6.45, 7) is 3.23. The summed E-state index contributed by atoms with van der Waals surface area (Å²) in [5.74, 6) is 1.36. The Balaban J connectivity index is 1.51. The SMILES string of the molecule is CCOc1ccc(Nc2cc(C(=O)NCCCc3ccccc3)ccn2)cc1. The minimum absolute atomic E-state index is 0.0924. The van der Waals surface area contributed by atoms with Crippen molar-refractivity contribution in [3.8, 4) is 5.75 Å². The second-order valence-electron chi connectivity index (χ2n) is 6.36. The molecular formula is C23H25N3O2. The number of amides is 1. The molecule has 1 aromatic heterocycles.